The van der Waals surface area contributed by atoms with E-state index in [1.54, 1.807) is 0 Å². The molecule has 0 bridgehead atoms. The lowest BCUT2D eigenvalue weighted by molar-refractivity contribution is 0.772. The first kappa shape index (κ1) is 21.2. The minimum Gasteiger partial charge on any atom is -0.399 e. The summed E-state index contributed by atoms with van der Waals surface area (Å²) in [6, 6.07) is 16.7. The first-order valence-corrected chi connectivity index (χ1v) is 9.12. The van der Waals surface area contributed by atoms with Crippen molar-refractivity contribution in [2.45, 2.75) is 66.7 Å². The molecule has 0 aliphatic carbocycles. The topological polar surface area (TPSA) is 26.0 Å². The second-order valence-electron chi connectivity index (χ2n) is 5.40. The molecule has 0 saturated heterocycles. The van der Waals surface area contributed by atoms with E-state index in [9.17, 15) is 0 Å². The highest BCUT2D eigenvalue weighted by Crippen LogP contribution is 2.18. The van der Waals surface area contributed by atoms with E-state index >= 15 is 0 Å². The average Bonchev–Trinajstić information content (AvgIpc) is 2.60. The van der Waals surface area contributed by atoms with Crippen LogP contribution in [0.25, 0.3) is 0 Å². The Balaban J connectivity index is 0.000000594. The van der Waals surface area contributed by atoms with Gasteiger partial charge >= 0.3 is 0 Å². The molecule has 0 atom stereocenters. The van der Waals surface area contributed by atoms with Crippen LogP contribution in [0, 0.1) is 0 Å². The number of nitrogen functional groups attached to an aromatic ring is 1. The molecule has 0 amide bonds. The van der Waals surface area contributed by atoms with Gasteiger partial charge in [-0.3, -0.25) is 0 Å². The maximum absolute atomic E-state index is 5.80. The Morgan fingerprint density at radius 2 is 1.39 bits per heavy atom. The van der Waals surface area contributed by atoms with Gasteiger partial charge in [-0.1, -0.05) is 90.3 Å². The molecule has 0 radical (unpaired) electrons. The molecule has 2 aromatic rings. The van der Waals surface area contributed by atoms with Gasteiger partial charge in [-0.15, -0.1) is 0 Å². The fraction of sp³-hybridized carbons (Fsp3) is 0.455. The van der Waals surface area contributed by atoms with Crippen molar-refractivity contribution in [3.05, 3.63) is 65.2 Å². The van der Waals surface area contributed by atoms with E-state index in [1.165, 1.54) is 36.0 Å². The Labute approximate surface area is 143 Å². The molecule has 0 aliphatic rings. The first-order chi connectivity index (χ1) is 11.2. The number of hydrogen-bond acceptors (Lipinski definition) is 1. The summed E-state index contributed by atoms with van der Waals surface area (Å²) in [5.74, 6) is 0. The summed E-state index contributed by atoms with van der Waals surface area (Å²) >= 11 is 0. The normalized spacial score (nSPS) is 9.26. The second-order valence-corrected chi connectivity index (χ2v) is 5.40. The SMILES string of the molecule is CC.CCCCC.CCc1cc(N)ccc1Cc1ccccc1. The molecule has 2 aromatic carbocycles. The predicted molar refractivity (Wildman–Crippen MR) is 106 cm³/mol. The molecule has 0 saturated carbocycles. The van der Waals surface area contributed by atoms with Crippen LogP contribution >= 0.6 is 0 Å². The maximum Gasteiger partial charge on any atom is 0.0316 e. The number of nitrogens with two attached hydrogens (primary N) is 1. The summed E-state index contributed by atoms with van der Waals surface area (Å²) in [7, 11) is 0. The van der Waals surface area contributed by atoms with Crippen molar-refractivity contribution in [3.63, 3.8) is 0 Å². The van der Waals surface area contributed by atoms with Crippen molar-refractivity contribution in [2.24, 2.45) is 0 Å². The van der Waals surface area contributed by atoms with Gasteiger partial charge in [-0.2, -0.15) is 0 Å². The molecule has 0 aromatic heterocycles. The Hall–Kier alpha value is -1.76. The number of rotatable bonds is 5. The van der Waals surface area contributed by atoms with Crippen molar-refractivity contribution in [2.75, 3.05) is 5.73 Å². The highest BCUT2D eigenvalue weighted by Gasteiger charge is 2.02. The molecular formula is C22H35N. The zero-order valence-corrected chi connectivity index (χ0v) is 15.7. The lowest BCUT2D eigenvalue weighted by Gasteiger charge is -2.09. The van der Waals surface area contributed by atoms with Crippen molar-refractivity contribution in [3.8, 4) is 0 Å². The first-order valence-electron chi connectivity index (χ1n) is 9.12. The fourth-order valence-electron chi connectivity index (χ4n) is 2.32. The quantitative estimate of drug-likeness (QED) is 0.615. The summed E-state index contributed by atoms with van der Waals surface area (Å²) in [5, 5.41) is 0. The molecule has 2 rings (SSSR count). The largest absolute Gasteiger partial charge is 0.399 e. The van der Waals surface area contributed by atoms with Crippen LogP contribution in [0.4, 0.5) is 5.69 Å². The standard InChI is InChI=1S/C15H17N.C5H12.C2H6/c1-2-13-11-15(16)9-8-14(13)10-12-6-4-3-5-7-12;1-3-5-4-2;1-2/h3-9,11H,2,10,16H2,1H3;3-5H2,1-2H3;1-2H3. The molecule has 1 heteroatoms. The van der Waals surface area contributed by atoms with E-state index in [1.807, 2.05) is 26.0 Å². The van der Waals surface area contributed by atoms with E-state index in [-0.39, 0.29) is 0 Å². The number of anilines is 1. The molecule has 128 valence electrons. The van der Waals surface area contributed by atoms with Crippen LogP contribution in [0.3, 0.4) is 0 Å². The zero-order valence-electron chi connectivity index (χ0n) is 15.7. The molecule has 0 heterocycles. The van der Waals surface area contributed by atoms with Crippen LogP contribution in [0.1, 0.15) is 70.6 Å². The molecular weight excluding hydrogens is 278 g/mol. The van der Waals surface area contributed by atoms with Crippen molar-refractivity contribution < 1.29 is 0 Å². The second kappa shape index (κ2) is 13.9. The summed E-state index contributed by atoms with van der Waals surface area (Å²) in [6.45, 7) is 10.6. The van der Waals surface area contributed by atoms with Gasteiger partial charge in [0.05, 0.1) is 0 Å². The third-order valence-electron chi connectivity index (χ3n) is 3.56. The molecule has 0 aliphatic heterocycles. The minimum atomic E-state index is 0.855. The molecule has 0 unspecified atom stereocenters. The van der Waals surface area contributed by atoms with Crippen LogP contribution < -0.4 is 5.73 Å². The Morgan fingerprint density at radius 3 is 1.87 bits per heavy atom. The summed E-state index contributed by atoms with van der Waals surface area (Å²) in [5.41, 5.74) is 10.7. The number of hydrogen-bond donors (Lipinski definition) is 1. The Bertz CT molecular complexity index is 501. The van der Waals surface area contributed by atoms with Gasteiger partial charge in [-0.25, -0.2) is 0 Å². The molecule has 1 nitrogen and oxygen atoms in total. The molecule has 23 heavy (non-hydrogen) atoms. The van der Waals surface area contributed by atoms with Crippen LogP contribution in [-0.2, 0) is 12.8 Å². The monoisotopic (exact) mass is 313 g/mol. The fourth-order valence-corrected chi connectivity index (χ4v) is 2.32. The lowest BCUT2D eigenvalue weighted by atomic mass is 9.98. The van der Waals surface area contributed by atoms with E-state index in [2.05, 4.69) is 57.2 Å². The Morgan fingerprint density at radius 1 is 0.783 bits per heavy atom. The predicted octanol–water partition coefficient (Wildman–Crippen LogP) is 6.64. The van der Waals surface area contributed by atoms with Gasteiger partial charge in [0.15, 0.2) is 0 Å². The molecule has 0 fully saturated rings. The molecule has 2 N–H and O–H groups in total. The van der Waals surface area contributed by atoms with Gasteiger partial charge < -0.3 is 5.73 Å². The van der Waals surface area contributed by atoms with Crippen molar-refractivity contribution in [1.29, 1.82) is 0 Å². The minimum absolute atomic E-state index is 0.855. The van der Waals surface area contributed by atoms with E-state index in [4.69, 9.17) is 5.73 Å². The van der Waals surface area contributed by atoms with Crippen LogP contribution in [0.2, 0.25) is 0 Å². The smallest absolute Gasteiger partial charge is 0.0316 e. The van der Waals surface area contributed by atoms with E-state index in [0.717, 1.165) is 18.5 Å². The number of aryl methyl sites for hydroxylation is 1. The van der Waals surface area contributed by atoms with Gasteiger partial charge in [0.25, 0.3) is 0 Å². The van der Waals surface area contributed by atoms with Crippen LogP contribution in [0.15, 0.2) is 48.5 Å². The summed E-state index contributed by atoms with van der Waals surface area (Å²) in [4.78, 5) is 0. The van der Waals surface area contributed by atoms with E-state index < -0.39 is 0 Å². The summed E-state index contributed by atoms with van der Waals surface area (Å²) in [6.07, 6.45) is 6.10. The number of benzene rings is 2. The van der Waals surface area contributed by atoms with E-state index in [0.29, 0.717) is 0 Å². The maximum atomic E-state index is 5.80. The number of unbranched alkanes of at least 4 members (excludes halogenated alkanes) is 2. The summed E-state index contributed by atoms with van der Waals surface area (Å²) < 4.78 is 0. The highest BCUT2D eigenvalue weighted by atomic mass is 14.5. The lowest BCUT2D eigenvalue weighted by Crippen LogP contribution is -1.96. The van der Waals surface area contributed by atoms with Gasteiger partial charge in [0.1, 0.15) is 0 Å². The van der Waals surface area contributed by atoms with Gasteiger partial charge in [0.2, 0.25) is 0 Å². The van der Waals surface area contributed by atoms with Gasteiger partial charge in [-0.05, 0) is 41.7 Å². The highest BCUT2D eigenvalue weighted by molar-refractivity contribution is 5.46. The van der Waals surface area contributed by atoms with Crippen molar-refractivity contribution >= 4 is 5.69 Å². The van der Waals surface area contributed by atoms with Gasteiger partial charge in [0, 0.05) is 5.69 Å². The Kier molecular flexibility index (Phi) is 12.8. The third-order valence-corrected chi connectivity index (χ3v) is 3.56. The third kappa shape index (κ3) is 9.07. The molecule has 0 spiro atoms. The van der Waals surface area contributed by atoms with Crippen molar-refractivity contribution in [1.82, 2.24) is 0 Å². The van der Waals surface area contributed by atoms with Crippen LogP contribution in [0.5, 0.6) is 0 Å². The zero-order chi connectivity index (χ0) is 17.5. The van der Waals surface area contributed by atoms with Crippen LogP contribution in [-0.4, -0.2) is 0 Å². The average molecular weight is 314 g/mol.